The third-order valence-electron chi connectivity index (χ3n) is 21.0. The Morgan fingerprint density at radius 2 is 0.613 bits per heavy atom. The highest BCUT2D eigenvalue weighted by molar-refractivity contribution is 6.31. The number of aromatic nitrogens is 9. The SMILES string of the molecule is c1ccc(-c2nc(-c3ccccc3)nc(-c3cccc(-n4c5ccccc5c5cc(-c6ccc7c8ccc(-n9c%10ccccc%10c%10ccc%11oc%12nc(-c%13ccccc%13)nc(-c%13ccccc%13)c%12c%11c%109)cc8c8ccccc8c7c6)c6oc7nc(-c8ccccc8)nc(-c8ccccc8)c7c6c54)c3)n2)cc1. The summed E-state index contributed by atoms with van der Waals surface area (Å²) in [6, 6.07) is 117. The average molecular weight is 1350 g/mol. The molecule has 22 aromatic rings. The van der Waals surface area contributed by atoms with Gasteiger partial charge in [0.25, 0.3) is 0 Å². The third kappa shape index (κ3) is 9.22. The standard InChI is InChI=1S/C95H55N9O2/c1-7-26-56(27-8-1)84-81-80-79(105-94(81)101-89(96-84)58-30-11-3-12-31-58)51-50-72-70-42-21-23-44-77(70)104(86(72)80)65-47-49-69-68-48-46-62(53-74(68)66-40-19-20-41-67(66)75(69)54-65)73-55-76-71-43-22-24-45-78(71)103(64-39-25-38-63(52-64)93-99-91(60-34-15-5-16-35-60)98-92(100-93)61-36-17-6-18-37-61)87(76)83-82-85(57-28-9-2-10-29-57)97-90(59-32-13-4-14-33-59)102-95(82)106-88(73)83/h1-55H. The fourth-order valence-electron chi connectivity index (χ4n) is 16.3. The average Bonchev–Trinajstić information content (AvgIpc) is 1.55. The highest BCUT2D eigenvalue weighted by Gasteiger charge is 2.29. The summed E-state index contributed by atoms with van der Waals surface area (Å²) in [5.74, 6) is 2.91. The maximum absolute atomic E-state index is 7.53. The lowest BCUT2D eigenvalue weighted by atomic mass is 9.91. The molecule has 15 aromatic carbocycles. The first-order valence-electron chi connectivity index (χ1n) is 35.5. The van der Waals surface area contributed by atoms with Crippen molar-refractivity contribution in [1.82, 2.24) is 44.0 Å². The molecule has 0 aliphatic heterocycles. The van der Waals surface area contributed by atoms with Gasteiger partial charge >= 0.3 is 0 Å². The van der Waals surface area contributed by atoms with Gasteiger partial charge in [-0.1, -0.05) is 273 Å². The van der Waals surface area contributed by atoms with Gasteiger partial charge < -0.3 is 18.0 Å². The molecule has 0 unspecified atom stereocenters. The highest BCUT2D eigenvalue weighted by Crippen LogP contribution is 2.50. The molecule has 11 heteroatoms. The van der Waals surface area contributed by atoms with Gasteiger partial charge in [0.05, 0.1) is 55.0 Å². The molecular formula is C95H55N9O2. The van der Waals surface area contributed by atoms with Gasteiger partial charge in [0.15, 0.2) is 29.1 Å². The molecule has 0 aliphatic carbocycles. The number of furan rings is 2. The van der Waals surface area contributed by atoms with Gasteiger partial charge in [0.2, 0.25) is 11.4 Å². The van der Waals surface area contributed by atoms with E-state index in [1.807, 2.05) is 121 Å². The number of para-hydroxylation sites is 2. The fourth-order valence-corrected chi connectivity index (χ4v) is 16.3. The van der Waals surface area contributed by atoms with Crippen molar-refractivity contribution < 1.29 is 8.83 Å². The van der Waals surface area contributed by atoms with Crippen LogP contribution in [0.2, 0.25) is 0 Å². The second-order valence-corrected chi connectivity index (χ2v) is 27.0. The number of rotatable bonds is 10. The summed E-state index contributed by atoms with van der Waals surface area (Å²) >= 11 is 0. The van der Waals surface area contributed by atoms with Crippen molar-refractivity contribution in [2.45, 2.75) is 0 Å². The molecule has 7 aromatic heterocycles. The summed E-state index contributed by atoms with van der Waals surface area (Å²) < 4.78 is 19.2. The molecule has 11 nitrogen and oxygen atoms in total. The predicted octanol–water partition coefficient (Wildman–Crippen LogP) is 24.2. The predicted molar refractivity (Wildman–Crippen MR) is 430 cm³/mol. The maximum atomic E-state index is 7.53. The molecule has 22 rings (SSSR count). The third-order valence-corrected chi connectivity index (χ3v) is 21.0. The molecule has 0 amide bonds. The van der Waals surface area contributed by atoms with E-state index in [0.29, 0.717) is 46.1 Å². The number of hydrogen-bond donors (Lipinski definition) is 0. The van der Waals surface area contributed by atoms with E-state index >= 15 is 0 Å². The summed E-state index contributed by atoms with van der Waals surface area (Å²) in [6.07, 6.45) is 0. The summed E-state index contributed by atoms with van der Waals surface area (Å²) in [6.45, 7) is 0. The fraction of sp³-hybridized carbons (Fsp3) is 0. The summed E-state index contributed by atoms with van der Waals surface area (Å²) in [5, 5.41) is 14.6. The summed E-state index contributed by atoms with van der Waals surface area (Å²) in [7, 11) is 0. The van der Waals surface area contributed by atoms with Gasteiger partial charge in [-0.2, -0.15) is 9.97 Å². The lowest BCUT2D eigenvalue weighted by molar-refractivity contribution is 0.653. The minimum absolute atomic E-state index is 0.481. The van der Waals surface area contributed by atoms with Gasteiger partial charge in [-0.15, -0.1) is 0 Å². The van der Waals surface area contributed by atoms with Crippen LogP contribution in [0.5, 0.6) is 0 Å². The lowest BCUT2D eigenvalue weighted by Gasteiger charge is -2.15. The Bertz CT molecular complexity index is 7280. The van der Waals surface area contributed by atoms with Gasteiger partial charge in [-0.3, -0.25) is 0 Å². The Kier molecular flexibility index (Phi) is 13.1. The Balaban J connectivity index is 0.775. The molecule has 0 atom stereocenters. The molecule has 0 bridgehead atoms. The van der Waals surface area contributed by atoms with Crippen LogP contribution in [0.1, 0.15) is 0 Å². The first-order chi connectivity index (χ1) is 52.6. The van der Waals surface area contributed by atoms with Gasteiger partial charge in [0, 0.05) is 77.4 Å². The normalized spacial score (nSPS) is 12.0. The van der Waals surface area contributed by atoms with E-state index in [-0.39, 0.29) is 0 Å². The molecule has 0 saturated carbocycles. The molecule has 0 saturated heterocycles. The molecule has 0 spiro atoms. The van der Waals surface area contributed by atoms with Crippen LogP contribution in [0.4, 0.5) is 0 Å². The van der Waals surface area contributed by atoms with Gasteiger partial charge in [-0.25, -0.2) is 24.9 Å². The molecule has 0 N–H and O–H groups in total. The quantitative estimate of drug-likeness (QED) is 0.123. The van der Waals surface area contributed by atoms with Crippen molar-refractivity contribution in [2.24, 2.45) is 0 Å². The van der Waals surface area contributed by atoms with E-state index in [1.165, 1.54) is 0 Å². The van der Waals surface area contributed by atoms with Crippen LogP contribution < -0.4 is 0 Å². The van der Waals surface area contributed by atoms with E-state index in [4.69, 9.17) is 43.7 Å². The van der Waals surface area contributed by atoms with Crippen LogP contribution in [-0.4, -0.2) is 44.0 Å². The van der Waals surface area contributed by atoms with E-state index < -0.39 is 0 Å². The Labute approximate surface area is 604 Å². The first-order valence-corrected chi connectivity index (χ1v) is 35.5. The van der Waals surface area contributed by atoms with E-state index in [0.717, 1.165) is 176 Å². The molecule has 0 aliphatic rings. The van der Waals surface area contributed by atoms with E-state index in [2.05, 4.69) is 221 Å². The Morgan fingerprint density at radius 3 is 1.16 bits per heavy atom. The first kappa shape index (κ1) is 59.2. The second-order valence-electron chi connectivity index (χ2n) is 27.0. The molecule has 7 heterocycles. The molecular weight excluding hydrogens is 1300 g/mol. The van der Waals surface area contributed by atoms with Crippen molar-refractivity contribution >= 4 is 120 Å². The zero-order chi connectivity index (χ0) is 69.5. The van der Waals surface area contributed by atoms with Crippen LogP contribution in [0.25, 0.3) is 222 Å². The molecule has 0 fully saturated rings. The van der Waals surface area contributed by atoms with Crippen LogP contribution in [-0.2, 0) is 0 Å². The largest absolute Gasteiger partial charge is 0.437 e. The molecule has 492 valence electrons. The zero-order valence-electron chi connectivity index (χ0n) is 56.6. The minimum atomic E-state index is 0.481. The minimum Gasteiger partial charge on any atom is -0.437 e. The molecule has 0 radical (unpaired) electrons. The zero-order valence-corrected chi connectivity index (χ0v) is 56.6. The topological polar surface area (TPSA) is 126 Å². The number of hydrogen-bond acceptors (Lipinski definition) is 9. The van der Waals surface area contributed by atoms with Gasteiger partial charge in [-0.05, 0) is 98.5 Å². The number of fused-ring (bicyclic) bond motifs is 20. The number of nitrogens with zero attached hydrogens (tertiary/aromatic N) is 9. The lowest BCUT2D eigenvalue weighted by Crippen LogP contribution is -2.01. The Hall–Kier alpha value is -14.6. The van der Waals surface area contributed by atoms with Crippen molar-refractivity contribution in [3.05, 3.63) is 334 Å². The van der Waals surface area contributed by atoms with Crippen LogP contribution in [0, 0.1) is 0 Å². The second kappa shape index (κ2) is 23.5. The van der Waals surface area contributed by atoms with E-state index in [1.54, 1.807) is 0 Å². The summed E-state index contributed by atoms with van der Waals surface area (Å²) in [4.78, 5) is 37.0. The number of benzene rings is 15. The van der Waals surface area contributed by atoms with Crippen molar-refractivity contribution in [1.29, 1.82) is 0 Å². The molecule has 106 heavy (non-hydrogen) atoms. The van der Waals surface area contributed by atoms with Crippen LogP contribution in [0.3, 0.4) is 0 Å². The van der Waals surface area contributed by atoms with Crippen molar-refractivity contribution in [3.63, 3.8) is 0 Å². The highest BCUT2D eigenvalue weighted by atomic mass is 16.3. The van der Waals surface area contributed by atoms with Crippen molar-refractivity contribution in [3.8, 4) is 102 Å². The van der Waals surface area contributed by atoms with Crippen LogP contribution in [0.15, 0.2) is 342 Å². The maximum Gasteiger partial charge on any atom is 0.231 e. The van der Waals surface area contributed by atoms with E-state index in [9.17, 15) is 0 Å². The monoisotopic (exact) mass is 1350 g/mol. The summed E-state index contributed by atoms with van der Waals surface area (Å²) in [5.41, 5.74) is 18.3. The smallest absolute Gasteiger partial charge is 0.231 e. The Morgan fingerprint density at radius 1 is 0.217 bits per heavy atom. The van der Waals surface area contributed by atoms with Crippen LogP contribution >= 0.6 is 0 Å². The van der Waals surface area contributed by atoms with Gasteiger partial charge in [0.1, 0.15) is 11.2 Å². The van der Waals surface area contributed by atoms with Crippen molar-refractivity contribution in [2.75, 3.05) is 0 Å².